The topological polar surface area (TPSA) is 51.6 Å². The van der Waals surface area contributed by atoms with E-state index in [-0.39, 0.29) is 0 Å². The summed E-state index contributed by atoms with van der Waals surface area (Å²) in [6, 6.07) is 9.62. The summed E-state index contributed by atoms with van der Waals surface area (Å²) in [5, 5.41) is 0. The number of nitrogen functional groups attached to an aromatic ring is 1. The molecule has 0 saturated carbocycles. The van der Waals surface area contributed by atoms with Crippen LogP contribution in [-0.4, -0.2) is 18.6 Å². The number of anilines is 1. The molecule has 2 rings (SSSR count). The van der Waals surface area contributed by atoms with Gasteiger partial charge in [0.05, 0.1) is 19.4 Å². The van der Waals surface area contributed by atoms with E-state index < -0.39 is 0 Å². The maximum Gasteiger partial charge on any atom is 0.123 e. The predicted molar refractivity (Wildman–Crippen MR) is 75.9 cm³/mol. The van der Waals surface area contributed by atoms with Gasteiger partial charge in [-0.15, -0.1) is 0 Å². The smallest absolute Gasteiger partial charge is 0.123 e. The average molecular weight is 260 g/mol. The van der Waals surface area contributed by atoms with Gasteiger partial charge in [0.1, 0.15) is 11.5 Å². The van der Waals surface area contributed by atoms with E-state index in [1.54, 1.807) is 6.26 Å². The molecule has 1 aromatic heterocycles. The lowest BCUT2D eigenvalue weighted by atomic mass is 10.1. The van der Waals surface area contributed by atoms with Gasteiger partial charge in [0.2, 0.25) is 0 Å². The van der Waals surface area contributed by atoms with Crippen molar-refractivity contribution in [2.24, 2.45) is 0 Å². The minimum atomic E-state index is 0.652. The van der Waals surface area contributed by atoms with Crippen LogP contribution in [0.15, 0.2) is 41.0 Å². The SMILES string of the molecule is CCOc1ccc(N)cc1CN(C)Cc1ccco1. The van der Waals surface area contributed by atoms with Gasteiger partial charge in [-0.05, 0) is 44.3 Å². The lowest BCUT2D eigenvalue weighted by Crippen LogP contribution is -2.17. The molecule has 0 aliphatic carbocycles. The second-order valence-electron chi connectivity index (χ2n) is 4.55. The molecule has 4 heteroatoms. The zero-order valence-corrected chi connectivity index (χ0v) is 11.4. The third-order valence-corrected chi connectivity index (χ3v) is 2.83. The standard InChI is InChI=1S/C15H20N2O2/c1-3-18-15-7-6-13(16)9-12(15)10-17(2)11-14-5-4-8-19-14/h4-9H,3,10-11,16H2,1-2H3. The average Bonchev–Trinajstić information content (AvgIpc) is 2.85. The molecule has 0 fully saturated rings. The monoisotopic (exact) mass is 260 g/mol. The number of nitrogens with zero attached hydrogens (tertiary/aromatic N) is 1. The Bertz CT molecular complexity index is 509. The Hall–Kier alpha value is -1.94. The molecule has 4 nitrogen and oxygen atoms in total. The fraction of sp³-hybridized carbons (Fsp3) is 0.333. The van der Waals surface area contributed by atoms with E-state index in [1.165, 1.54) is 0 Å². The fourth-order valence-electron chi connectivity index (χ4n) is 2.03. The third kappa shape index (κ3) is 3.76. The Morgan fingerprint density at radius 2 is 2.11 bits per heavy atom. The highest BCUT2D eigenvalue weighted by atomic mass is 16.5. The van der Waals surface area contributed by atoms with Crippen LogP contribution in [0.5, 0.6) is 5.75 Å². The molecule has 0 radical (unpaired) electrons. The first kappa shape index (κ1) is 13.5. The summed E-state index contributed by atoms with van der Waals surface area (Å²) in [7, 11) is 2.04. The van der Waals surface area contributed by atoms with E-state index in [4.69, 9.17) is 14.9 Å². The Morgan fingerprint density at radius 1 is 1.26 bits per heavy atom. The molecular formula is C15H20N2O2. The number of furan rings is 1. The van der Waals surface area contributed by atoms with Crippen LogP contribution in [0.2, 0.25) is 0 Å². The normalized spacial score (nSPS) is 10.9. The van der Waals surface area contributed by atoms with Crippen molar-refractivity contribution >= 4 is 5.69 Å². The number of rotatable bonds is 6. The van der Waals surface area contributed by atoms with Crippen LogP contribution in [0.25, 0.3) is 0 Å². The Kier molecular flexibility index (Phi) is 4.47. The predicted octanol–water partition coefficient (Wildman–Crippen LogP) is 2.89. The first-order valence-corrected chi connectivity index (χ1v) is 6.41. The summed E-state index contributed by atoms with van der Waals surface area (Å²) in [6.45, 7) is 4.15. The van der Waals surface area contributed by atoms with Crippen molar-refractivity contribution in [1.29, 1.82) is 0 Å². The highest BCUT2D eigenvalue weighted by molar-refractivity contribution is 5.47. The maximum atomic E-state index is 5.84. The van der Waals surface area contributed by atoms with E-state index in [9.17, 15) is 0 Å². The van der Waals surface area contributed by atoms with Crippen LogP contribution in [0.1, 0.15) is 18.2 Å². The minimum absolute atomic E-state index is 0.652. The number of nitrogens with two attached hydrogens (primary N) is 1. The number of hydrogen-bond donors (Lipinski definition) is 1. The molecule has 2 aromatic rings. The van der Waals surface area contributed by atoms with E-state index in [0.29, 0.717) is 6.61 Å². The van der Waals surface area contributed by atoms with Gasteiger partial charge in [0, 0.05) is 17.8 Å². The molecule has 0 aliphatic heterocycles. The Balaban J connectivity index is 2.06. The van der Waals surface area contributed by atoms with Crippen LogP contribution in [0.4, 0.5) is 5.69 Å². The minimum Gasteiger partial charge on any atom is -0.494 e. The summed E-state index contributed by atoms with van der Waals surface area (Å²) in [5.41, 5.74) is 7.69. The largest absolute Gasteiger partial charge is 0.494 e. The van der Waals surface area contributed by atoms with Gasteiger partial charge in [-0.25, -0.2) is 0 Å². The second-order valence-corrected chi connectivity index (χ2v) is 4.55. The van der Waals surface area contributed by atoms with Crippen molar-refractivity contribution in [1.82, 2.24) is 4.90 Å². The van der Waals surface area contributed by atoms with Crippen molar-refractivity contribution in [3.8, 4) is 5.75 Å². The molecule has 0 spiro atoms. The summed E-state index contributed by atoms with van der Waals surface area (Å²) < 4.78 is 11.0. The van der Waals surface area contributed by atoms with Gasteiger partial charge in [-0.1, -0.05) is 0 Å². The first-order chi connectivity index (χ1) is 9.19. The van der Waals surface area contributed by atoms with Crippen molar-refractivity contribution in [3.63, 3.8) is 0 Å². The van der Waals surface area contributed by atoms with Gasteiger partial charge in [-0.3, -0.25) is 4.90 Å². The summed E-state index contributed by atoms with van der Waals surface area (Å²) in [6.07, 6.45) is 1.69. The van der Waals surface area contributed by atoms with Gasteiger partial charge < -0.3 is 14.9 Å². The van der Waals surface area contributed by atoms with Gasteiger partial charge in [0.25, 0.3) is 0 Å². The first-order valence-electron chi connectivity index (χ1n) is 6.41. The molecule has 1 heterocycles. The maximum absolute atomic E-state index is 5.84. The van der Waals surface area contributed by atoms with Crippen LogP contribution < -0.4 is 10.5 Å². The third-order valence-electron chi connectivity index (χ3n) is 2.83. The van der Waals surface area contributed by atoms with E-state index >= 15 is 0 Å². The zero-order chi connectivity index (χ0) is 13.7. The van der Waals surface area contributed by atoms with Crippen LogP contribution in [0, 0.1) is 0 Å². The van der Waals surface area contributed by atoms with Gasteiger partial charge in [0.15, 0.2) is 0 Å². The number of ether oxygens (including phenoxy) is 1. The summed E-state index contributed by atoms with van der Waals surface area (Å²) in [5.74, 6) is 1.84. The molecule has 0 bridgehead atoms. The lowest BCUT2D eigenvalue weighted by Gasteiger charge is -2.18. The lowest BCUT2D eigenvalue weighted by molar-refractivity contribution is 0.277. The fourth-order valence-corrected chi connectivity index (χ4v) is 2.03. The highest BCUT2D eigenvalue weighted by Crippen LogP contribution is 2.23. The summed E-state index contributed by atoms with van der Waals surface area (Å²) >= 11 is 0. The van der Waals surface area contributed by atoms with Gasteiger partial charge >= 0.3 is 0 Å². The molecule has 2 N–H and O–H groups in total. The molecule has 0 saturated heterocycles. The van der Waals surface area contributed by atoms with Crippen molar-refractivity contribution in [2.75, 3.05) is 19.4 Å². The van der Waals surface area contributed by atoms with E-state index in [1.807, 2.05) is 44.3 Å². The molecular weight excluding hydrogens is 240 g/mol. The molecule has 0 amide bonds. The van der Waals surface area contributed by atoms with E-state index in [2.05, 4.69) is 4.90 Å². The van der Waals surface area contributed by atoms with Crippen LogP contribution in [-0.2, 0) is 13.1 Å². The zero-order valence-electron chi connectivity index (χ0n) is 11.4. The molecule has 0 aliphatic rings. The molecule has 19 heavy (non-hydrogen) atoms. The van der Waals surface area contributed by atoms with Crippen molar-refractivity contribution < 1.29 is 9.15 Å². The van der Waals surface area contributed by atoms with Crippen LogP contribution >= 0.6 is 0 Å². The molecule has 0 unspecified atom stereocenters. The van der Waals surface area contributed by atoms with E-state index in [0.717, 1.165) is 35.9 Å². The van der Waals surface area contributed by atoms with Crippen molar-refractivity contribution in [3.05, 3.63) is 47.9 Å². The molecule has 1 aromatic carbocycles. The number of benzene rings is 1. The Morgan fingerprint density at radius 3 is 2.79 bits per heavy atom. The quantitative estimate of drug-likeness (QED) is 0.811. The second kappa shape index (κ2) is 6.29. The highest BCUT2D eigenvalue weighted by Gasteiger charge is 2.09. The molecule has 102 valence electrons. The Labute approximate surface area is 113 Å². The van der Waals surface area contributed by atoms with Crippen molar-refractivity contribution in [2.45, 2.75) is 20.0 Å². The van der Waals surface area contributed by atoms with Crippen LogP contribution in [0.3, 0.4) is 0 Å². The number of hydrogen-bond acceptors (Lipinski definition) is 4. The summed E-state index contributed by atoms with van der Waals surface area (Å²) in [4.78, 5) is 2.16. The van der Waals surface area contributed by atoms with Gasteiger partial charge in [-0.2, -0.15) is 0 Å². The molecule has 0 atom stereocenters.